The van der Waals surface area contributed by atoms with Crippen LogP contribution in [0.4, 0.5) is 11.4 Å². The van der Waals surface area contributed by atoms with E-state index in [0.29, 0.717) is 22.1 Å². The molecule has 5 nitrogen and oxygen atoms in total. The first-order valence-corrected chi connectivity index (χ1v) is 7.65. The first kappa shape index (κ1) is 17.2. The maximum atomic E-state index is 11.0. The van der Waals surface area contributed by atoms with Crippen LogP contribution in [0, 0.1) is 0 Å². The highest BCUT2D eigenvalue weighted by atomic mass is 35.5. The van der Waals surface area contributed by atoms with Gasteiger partial charge in [0.15, 0.2) is 5.11 Å². The molecule has 0 bridgehead atoms. The van der Waals surface area contributed by atoms with Gasteiger partial charge in [-0.3, -0.25) is 4.79 Å². The number of carbonyl (C=O) groups is 1. The number of amides is 1. The molecule has 2 aromatic rings. The number of anilines is 2. The maximum Gasteiger partial charge on any atom is 0.248 e. The Kier molecular flexibility index (Phi) is 5.92. The molecule has 0 saturated carbocycles. The zero-order valence-electron chi connectivity index (χ0n) is 12.2. The predicted molar refractivity (Wildman–Crippen MR) is 97.0 cm³/mol. The van der Waals surface area contributed by atoms with Gasteiger partial charge in [-0.25, -0.2) is 0 Å². The number of nitrogens with two attached hydrogens (primary N) is 1. The normalized spacial score (nSPS) is 10.2. The SMILES string of the molecule is NC(=O)c1ccc(NC(=S)Nc2ccc(CCO)c(Cl)c2)cc1. The Labute approximate surface area is 144 Å². The van der Waals surface area contributed by atoms with Crippen molar-refractivity contribution in [3.8, 4) is 0 Å². The van der Waals surface area contributed by atoms with E-state index in [2.05, 4.69) is 10.6 Å². The van der Waals surface area contributed by atoms with Crippen molar-refractivity contribution in [2.45, 2.75) is 6.42 Å². The number of rotatable bonds is 5. The largest absolute Gasteiger partial charge is 0.396 e. The number of halogens is 1. The lowest BCUT2D eigenvalue weighted by atomic mass is 10.1. The second-order valence-electron chi connectivity index (χ2n) is 4.80. The number of nitrogens with one attached hydrogen (secondary N) is 2. The summed E-state index contributed by atoms with van der Waals surface area (Å²) in [6.45, 7) is 0.0494. The monoisotopic (exact) mass is 349 g/mol. The number of thiocarbonyl (C=S) groups is 1. The number of carbonyl (C=O) groups excluding carboxylic acids is 1. The maximum absolute atomic E-state index is 11.0. The van der Waals surface area contributed by atoms with Crippen molar-refractivity contribution in [2.24, 2.45) is 5.73 Å². The van der Waals surface area contributed by atoms with Gasteiger partial charge in [0.1, 0.15) is 0 Å². The summed E-state index contributed by atoms with van der Waals surface area (Å²) in [4.78, 5) is 11.0. The van der Waals surface area contributed by atoms with Crippen molar-refractivity contribution in [2.75, 3.05) is 17.2 Å². The van der Waals surface area contributed by atoms with Crippen LogP contribution in [0.3, 0.4) is 0 Å². The summed E-state index contributed by atoms with van der Waals surface area (Å²) in [6.07, 6.45) is 0.508. The Balaban J connectivity index is 1.99. The number of hydrogen-bond donors (Lipinski definition) is 4. The molecule has 2 rings (SSSR count). The quantitative estimate of drug-likeness (QED) is 0.623. The summed E-state index contributed by atoms with van der Waals surface area (Å²) in [7, 11) is 0. The molecule has 120 valence electrons. The van der Waals surface area contributed by atoms with Gasteiger partial charge in [0.25, 0.3) is 0 Å². The zero-order chi connectivity index (χ0) is 16.8. The topological polar surface area (TPSA) is 87.4 Å². The smallest absolute Gasteiger partial charge is 0.248 e. The van der Waals surface area contributed by atoms with Crippen molar-refractivity contribution in [3.05, 3.63) is 58.6 Å². The molecule has 0 saturated heterocycles. The van der Waals surface area contributed by atoms with Crippen LogP contribution in [-0.2, 0) is 6.42 Å². The molecule has 0 spiro atoms. The van der Waals surface area contributed by atoms with E-state index in [0.717, 1.165) is 16.9 Å². The van der Waals surface area contributed by atoms with Crippen molar-refractivity contribution < 1.29 is 9.90 Å². The van der Waals surface area contributed by atoms with Gasteiger partial charge in [0.05, 0.1) is 0 Å². The minimum Gasteiger partial charge on any atom is -0.396 e. The Morgan fingerprint density at radius 2 is 1.74 bits per heavy atom. The van der Waals surface area contributed by atoms with Crippen molar-refractivity contribution >= 4 is 46.2 Å². The van der Waals surface area contributed by atoms with E-state index >= 15 is 0 Å². The van der Waals surface area contributed by atoms with Crippen LogP contribution in [0.25, 0.3) is 0 Å². The Bertz CT molecular complexity index is 720. The van der Waals surface area contributed by atoms with Gasteiger partial charge in [0.2, 0.25) is 5.91 Å². The van der Waals surface area contributed by atoms with E-state index in [9.17, 15) is 4.79 Å². The molecular formula is C16H16ClN3O2S. The zero-order valence-corrected chi connectivity index (χ0v) is 13.7. The Hall–Kier alpha value is -2.15. The molecule has 1 amide bonds. The third-order valence-corrected chi connectivity index (χ3v) is 3.68. The average Bonchev–Trinajstić information content (AvgIpc) is 2.50. The first-order chi connectivity index (χ1) is 11.0. The van der Waals surface area contributed by atoms with Gasteiger partial charge in [-0.05, 0) is 60.6 Å². The van der Waals surface area contributed by atoms with E-state index in [-0.39, 0.29) is 6.61 Å². The highest BCUT2D eigenvalue weighted by Gasteiger charge is 2.04. The van der Waals surface area contributed by atoms with Crippen LogP contribution >= 0.6 is 23.8 Å². The highest BCUT2D eigenvalue weighted by molar-refractivity contribution is 7.80. The van der Waals surface area contributed by atoms with E-state index in [4.69, 9.17) is 34.7 Å². The van der Waals surface area contributed by atoms with Gasteiger partial charge in [0, 0.05) is 28.6 Å². The van der Waals surface area contributed by atoms with Crippen LogP contribution in [0.15, 0.2) is 42.5 Å². The average molecular weight is 350 g/mol. The second kappa shape index (κ2) is 7.92. The molecule has 23 heavy (non-hydrogen) atoms. The highest BCUT2D eigenvalue weighted by Crippen LogP contribution is 2.21. The number of hydrogen-bond acceptors (Lipinski definition) is 3. The third kappa shape index (κ3) is 4.92. The number of aliphatic hydroxyl groups is 1. The van der Waals surface area contributed by atoms with Gasteiger partial charge in [-0.15, -0.1) is 0 Å². The molecule has 0 atom stereocenters. The molecule has 7 heteroatoms. The third-order valence-electron chi connectivity index (χ3n) is 3.12. The van der Waals surface area contributed by atoms with E-state index in [1.807, 2.05) is 12.1 Å². The van der Waals surface area contributed by atoms with Crippen LogP contribution in [0.5, 0.6) is 0 Å². The minimum atomic E-state index is -0.477. The molecule has 0 unspecified atom stereocenters. The van der Waals surface area contributed by atoms with Crippen molar-refractivity contribution in [1.82, 2.24) is 0 Å². The molecule has 0 aromatic heterocycles. The molecule has 5 N–H and O–H groups in total. The van der Waals surface area contributed by atoms with Gasteiger partial charge in [-0.1, -0.05) is 17.7 Å². The molecule has 2 aromatic carbocycles. The Morgan fingerprint density at radius 3 is 2.30 bits per heavy atom. The fourth-order valence-corrected chi connectivity index (χ4v) is 2.47. The molecule has 0 radical (unpaired) electrons. The first-order valence-electron chi connectivity index (χ1n) is 6.87. The van der Waals surface area contributed by atoms with Crippen LogP contribution in [0.2, 0.25) is 5.02 Å². The van der Waals surface area contributed by atoms with E-state index in [1.165, 1.54) is 0 Å². The summed E-state index contributed by atoms with van der Waals surface area (Å²) >= 11 is 11.4. The van der Waals surface area contributed by atoms with Gasteiger partial charge in [-0.2, -0.15) is 0 Å². The number of primary amides is 1. The van der Waals surface area contributed by atoms with Gasteiger partial charge < -0.3 is 21.5 Å². The van der Waals surface area contributed by atoms with Crippen LogP contribution in [-0.4, -0.2) is 22.7 Å². The Morgan fingerprint density at radius 1 is 1.13 bits per heavy atom. The number of benzene rings is 2. The molecule has 0 fully saturated rings. The molecule has 0 heterocycles. The second-order valence-corrected chi connectivity index (χ2v) is 5.62. The lowest BCUT2D eigenvalue weighted by Gasteiger charge is -2.12. The van der Waals surface area contributed by atoms with Gasteiger partial charge >= 0.3 is 0 Å². The van der Waals surface area contributed by atoms with Crippen molar-refractivity contribution in [3.63, 3.8) is 0 Å². The lowest BCUT2D eigenvalue weighted by molar-refractivity contribution is 0.100. The summed E-state index contributed by atoms with van der Waals surface area (Å²) in [6, 6.07) is 12.1. The van der Waals surface area contributed by atoms with E-state index in [1.54, 1.807) is 30.3 Å². The van der Waals surface area contributed by atoms with Crippen molar-refractivity contribution in [1.29, 1.82) is 0 Å². The van der Waals surface area contributed by atoms with Crippen LogP contribution < -0.4 is 16.4 Å². The summed E-state index contributed by atoms with van der Waals surface area (Å²) in [5, 5.41) is 15.9. The summed E-state index contributed by atoms with van der Waals surface area (Å²) < 4.78 is 0. The molecule has 0 aliphatic carbocycles. The summed E-state index contributed by atoms with van der Waals surface area (Å²) in [5.41, 5.74) is 7.97. The predicted octanol–water partition coefficient (Wildman–Crippen LogP) is 2.78. The lowest BCUT2D eigenvalue weighted by Crippen LogP contribution is -2.19. The minimum absolute atomic E-state index is 0.0494. The molecule has 0 aliphatic rings. The fourth-order valence-electron chi connectivity index (χ4n) is 1.96. The van der Waals surface area contributed by atoms with E-state index < -0.39 is 5.91 Å². The fraction of sp³-hybridized carbons (Fsp3) is 0.125. The molecule has 0 aliphatic heterocycles. The molecular weight excluding hydrogens is 334 g/mol. The van der Waals surface area contributed by atoms with Crippen LogP contribution in [0.1, 0.15) is 15.9 Å². The standard InChI is InChI=1S/C16H16ClN3O2S/c17-14-9-13(6-1-10(14)7-8-21)20-16(23)19-12-4-2-11(3-5-12)15(18)22/h1-6,9,21H,7-8H2,(H2,18,22)(H2,19,20,23). The number of aliphatic hydroxyl groups excluding tert-OH is 1. The summed E-state index contributed by atoms with van der Waals surface area (Å²) in [5.74, 6) is -0.477.